The van der Waals surface area contributed by atoms with Crippen LogP contribution < -0.4 is 16.2 Å². The molecule has 1 aromatic carbocycles. The molecule has 2 aromatic heterocycles. The maximum Gasteiger partial charge on any atom is 0.311 e. The average Bonchev–Trinajstić information content (AvgIpc) is 3.36. The van der Waals surface area contributed by atoms with Crippen LogP contribution in [0, 0.1) is 18.2 Å². The monoisotopic (exact) mass is 567 g/mol. The molecule has 0 radical (unpaired) electrons. The highest BCUT2D eigenvalue weighted by molar-refractivity contribution is 6.35. The number of aromatic nitrogens is 6. The summed E-state index contributed by atoms with van der Waals surface area (Å²) in [6, 6.07) is 4.36. The summed E-state index contributed by atoms with van der Waals surface area (Å²) >= 11 is 0. The van der Waals surface area contributed by atoms with Crippen molar-refractivity contribution < 1.29 is 23.9 Å². The molecule has 3 amide bonds. The lowest BCUT2D eigenvalue weighted by molar-refractivity contribution is -0.145. The van der Waals surface area contributed by atoms with Crippen molar-refractivity contribution in [1.29, 1.82) is 0 Å². The first-order valence-electron chi connectivity index (χ1n) is 13.1. The molecule has 2 aliphatic heterocycles. The van der Waals surface area contributed by atoms with Crippen LogP contribution in [0.15, 0.2) is 29.3 Å². The van der Waals surface area contributed by atoms with E-state index in [9.17, 15) is 28.7 Å². The molecule has 3 aliphatic rings. The number of carbonyl (C=O) groups is 3. The van der Waals surface area contributed by atoms with E-state index in [0.717, 1.165) is 4.90 Å². The maximum absolute atomic E-state index is 13.6. The lowest BCUT2D eigenvalue weighted by Crippen LogP contribution is -2.54. The molecule has 0 saturated heterocycles. The predicted octanol–water partition coefficient (Wildman–Crippen LogP) is -0.0132. The van der Waals surface area contributed by atoms with E-state index in [-0.39, 0.29) is 24.7 Å². The number of halogens is 1. The van der Waals surface area contributed by atoms with Crippen LogP contribution in [0.2, 0.25) is 0 Å². The number of carbonyl (C=O) groups excluding carboxylic acids is 3. The van der Waals surface area contributed by atoms with Gasteiger partial charge in [0.1, 0.15) is 11.6 Å². The number of rotatable bonds is 6. The zero-order valence-corrected chi connectivity index (χ0v) is 22.8. The molecule has 1 fully saturated rings. The molecule has 0 unspecified atom stereocenters. The van der Waals surface area contributed by atoms with Crippen LogP contribution in [0.1, 0.15) is 53.1 Å². The Bertz CT molecular complexity index is 1580. The lowest BCUT2D eigenvalue weighted by Gasteiger charge is -2.41. The fraction of sp³-hybridized carbons (Fsp3) is 0.462. The standard InChI is InChI=1S/C26H30FN9O5/c1-15-10-16(4-5-17(15)27)11-28-20(38)18-19(37)22(40)35-12-25(13-36-30-14-29-33-36)6-8-26(9-7-25,24(35)31-18)32-21(39)23(41)34(2)3/h4-5,10,14,37H,6-9,11-13H2,1-3H3,(H,28,38)(H,32,39). The number of nitrogens with one attached hydrogen (secondary N) is 2. The topological polar surface area (TPSA) is 177 Å². The van der Waals surface area contributed by atoms with Crippen LogP contribution in [-0.2, 0) is 34.8 Å². The minimum atomic E-state index is -1.26. The first-order chi connectivity index (χ1) is 19.4. The Hall–Kier alpha value is -4.69. The van der Waals surface area contributed by atoms with Crippen molar-refractivity contribution in [1.82, 2.24) is 45.3 Å². The highest BCUT2D eigenvalue weighted by Crippen LogP contribution is 2.50. The third-order valence-electron chi connectivity index (χ3n) is 7.94. The van der Waals surface area contributed by atoms with E-state index in [1.807, 2.05) is 0 Å². The van der Waals surface area contributed by atoms with E-state index in [1.54, 1.807) is 13.0 Å². The van der Waals surface area contributed by atoms with E-state index >= 15 is 0 Å². The van der Waals surface area contributed by atoms with Gasteiger partial charge in [-0.2, -0.15) is 4.80 Å². The molecule has 41 heavy (non-hydrogen) atoms. The zero-order valence-electron chi connectivity index (χ0n) is 22.8. The molecule has 1 aliphatic carbocycles. The van der Waals surface area contributed by atoms with Gasteiger partial charge < -0.3 is 20.6 Å². The van der Waals surface area contributed by atoms with Gasteiger partial charge in [-0.3, -0.25) is 23.7 Å². The minimum Gasteiger partial charge on any atom is -0.501 e. The van der Waals surface area contributed by atoms with Crippen LogP contribution >= 0.6 is 0 Å². The van der Waals surface area contributed by atoms with Crippen LogP contribution in [0.4, 0.5) is 4.39 Å². The molecule has 14 nitrogen and oxygen atoms in total. The number of nitrogens with zero attached hydrogens (tertiary/aromatic N) is 7. The summed E-state index contributed by atoms with van der Waals surface area (Å²) in [6.07, 6.45) is 2.92. The molecule has 3 N–H and O–H groups in total. The number of benzene rings is 1. The van der Waals surface area contributed by atoms with Gasteiger partial charge in [-0.15, -0.1) is 10.2 Å². The van der Waals surface area contributed by atoms with Crippen molar-refractivity contribution in [3.63, 3.8) is 0 Å². The molecular formula is C26H30FN9O5. The number of tetrazole rings is 1. The highest BCUT2D eigenvalue weighted by Gasteiger charge is 2.52. The number of likely N-dealkylation sites (N-methyl/N-ethyl adjacent to an activating group) is 1. The Balaban J connectivity index is 1.54. The van der Waals surface area contributed by atoms with Gasteiger partial charge in [0.05, 0.1) is 12.1 Å². The van der Waals surface area contributed by atoms with Crippen LogP contribution in [-0.4, -0.2) is 71.6 Å². The van der Waals surface area contributed by atoms with Gasteiger partial charge >= 0.3 is 11.8 Å². The van der Waals surface area contributed by atoms with Gasteiger partial charge in [0.15, 0.2) is 12.0 Å². The summed E-state index contributed by atoms with van der Waals surface area (Å²) in [4.78, 5) is 59.3. The molecule has 3 aromatic rings. The summed E-state index contributed by atoms with van der Waals surface area (Å²) in [7, 11) is 2.90. The number of aryl methyl sites for hydroxylation is 1. The van der Waals surface area contributed by atoms with Crippen LogP contribution in [0.25, 0.3) is 0 Å². The van der Waals surface area contributed by atoms with Crippen molar-refractivity contribution in [3.8, 4) is 5.75 Å². The third-order valence-corrected chi connectivity index (χ3v) is 7.94. The van der Waals surface area contributed by atoms with Crippen LogP contribution in [0.5, 0.6) is 5.75 Å². The Morgan fingerprint density at radius 2 is 1.90 bits per heavy atom. The van der Waals surface area contributed by atoms with E-state index in [1.165, 1.54) is 41.9 Å². The quantitative estimate of drug-likeness (QED) is 0.346. The molecular weight excluding hydrogens is 537 g/mol. The lowest BCUT2D eigenvalue weighted by atomic mass is 9.68. The Morgan fingerprint density at radius 3 is 2.54 bits per heavy atom. The first-order valence-corrected chi connectivity index (χ1v) is 13.1. The summed E-state index contributed by atoms with van der Waals surface area (Å²) in [5, 5.41) is 28.1. The molecule has 6 rings (SSSR count). The largest absolute Gasteiger partial charge is 0.501 e. The summed E-state index contributed by atoms with van der Waals surface area (Å²) in [5.41, 5.74) is -2.16. The Labute approximate surface area is 233 Å². The normalized spacial score (nSPS) is 21.1. The Kier molecular flexibility index (Phi) is 7.05. The van der Waals surface area contributed by atoms with Crippen molar-refractivity contribution in [3.05, 3.63) is 63.3 Å². The molecule has 4 heterocycles. The van der Waals surface area contributed by atoms with E-state index < -0.39 is 45.7 Å². The smallest absolute Gasteiger partial charge is 0.311 e. The number of hydrogen-bond donors (Lipinski definition) is 3. The molecule has 0 atom stereocenters. The average molecular weight is 568 g/mol. The fourth-order valence-electron chi connectivity index (χ4n) is 5.65. The van der Waals surface area contributed by atoms with E-state index in [2.05, 4.69) is 31.0 Å². The second-order valence-electron chi connectivity index (χ2n) is 11.0. The van der Waals surface area contributed by atoms with Gasteiger partial charge in [-0.25, -0.2) is 9.37 Å². The second kappa shape index (κ2) is 10.4. The van der Waals surface area contributed by atoms with Gasteiger partial charge in [0.25, 0.3) is 11.5 Å². The number of amides is 3. The van der Waals surface area contributed by atoms with Crippen molar-refractivity contribution in [2.24, 2.45) is 5.41 Å². The van der Waals surface area contributed by atoms with Gasteiger partial charge in [-0.05, 0) is 55.0 Å². The van der Waals surface area contributed by atoms with Crippen molar-refractivity contribution in [2.75, 3.05) is 14.1 Å². The third kappa shape index (κ3) is 5.14. The minimum absolute atomic E-state index is 0.00722. The fourth-order valence-corrected chi connectivity index (χ4v) is 5.65. The van der Waals surface area contributed by atoms with E-state index in [0.29, 0.717) is 43.4 Å². The summed E-state index contributed by atoms with van der Waals surface area (Å²) < 4.78 is 14.9. The van der Waals surface area contributed by atoms with Crippen molar-refractivity contribution >= 4 is 17.7 Å². The van der Waals surface area contributed by atoms with Gasteiger partial charge in [0, 0.05) is 32.6 Å². The predicted molar refractivity (Wildman–Crippen MR) is 140 cm³/mol. The maximum atomic E-state index is 13.6. The molecule has 0 spiro atoms. The SMILES string of the molecule is Cc1cc(CNC(=O)c2nc3n(c(=O)c2O)CC2(Cn4ncnn4)CCC3(NC(=O)C(=O)N(C)C)CC2)ccc1F. The second-order valence-corrected chi connectivity index (χ2v) is 11.0. The highest BCUT2D eigenvalue weighted by atomic mass is 19.1. The van der Waals surface area contributed by atoms with E-state index in [4.69, 9.17) is 0 Å². The molecule has 15 heteroatoms. The zero-order chi connectivity index (χ0) is 29.5. The number of aromatic hydroxyl groups is 1. The Morgan fingerprint density at radius 1 is 1.17 bits per heavy atom. The van der Waals surface area contributed by atoms with Gasteiger partial charge in [0.2, 0.25) is 5.75 Å². The summed E-state index contributed by atoms with van der Waals surface area (Å²) in [6.45, 7) is 2.02. The molecule has 216 valence electrons. The van der Waals surface area contributed by atoms with Gasteiger partial charge in [-0.1, -0.05) is 12.1 Å². The molecule has 2 bridgehead atoms. The van der Waals surface area contributed by atoms with Crippen molar-refractivity contribution in [2.45, 2.75) is 57.8 Å². The number of hydrogen-bond acceptors (Lipinski definition) is 9. The van der Waals surface area contributed by atoms with Crippen LogP contribution in [0.3, 0.4) is 0 Å². The number of fused-ring (bicyclic) bond motifs is 2. The molecule has 1 saturated carbocycles. The first kappa shape index (κ1) is 27.9. The summed E-state index contributed by atoms with van der Waals surface area (Å²) in [5.74, 6) is -3.64.